The van der Waals surface area contributed by atoms with E-state index in [2.05, 4.69) is 18.8 Å². The van der Waals surface area contributed by atoms with E-state index in [0.717, 1.165) is 40.2 Å². The first-order valence-corrected chi connectivity index (χ1v) is 16.7. The Hall–Kier alpha value is -2.75. The van der Waals surface area contributed by atoms with E-state index >= 15 is 0 Å². The smallest absolute Gasteiger partial charge is 0.375 e. The number of Topliss-reactive ketones (excluding diaryl/α,β-unsaturated/α-hetero) is 1. The summed E-state index contributed by atoms with van der Waals surface area (Å²) in [6.45, 7) is 4.27. The Balaban J connectivity index is 1.22. The zero-order valence-electron chi connectivity index (χ0n) is 23.8. The molecule has 2 aromatic heterocycles. The van der Waals surface area contributed by atoms with Crippen LogP contribution < -0.4 is 0 Å². The Bertz CT molecular complexity index is 1560. The molecule has 0 bridgehead atoms. The van der Waals surface area contributed by atoms with Gasteiger partial charge in [-0.1, -0.05) is 43.3 Å². The molecule has 5 unspecified atom stereocenters. The summed E-state index contributed by atoms with van der Waals surface area (Å²) in [4.78, 5) is 44.8. The summed E-state index contributed by atoms with van der Waals surface area (Å²) in [5, 5.41) is 11.9. The first-order chi connectivity index (χ1) is 20.1. The standard InChI is InChI=1S/C33H35NO6S2/c1-31-13-11-20(35)16-19(31)9-10-21-22-12-14-33(32(22,2)17-24(36)28(21)31,40-29(38)25-7-5-15-39-25)27(37)18-41-30-34-23-6-3-4-8-26(23)42-30/h3-8,15-16,21-22,24,28,36H,9-14,17-18H2,1-2H3/t21?,22?,24-,28?,31?,32?,33-/m0/s1. The molecule has 4 aliphatic rings. The molecule has 0 spiro atoms. The van der Waals surface area contributed by atoms with E-state index in [-0.39, 0.29) is 46.2 Å². The van der Waals surface area contributed by atoms with Crippen LogP contribution in [-0.2, 0) is 14.3 Å². The molecule has 1 N–H and O–H groups in total. The van der Waals surface area contributed by atoms with Crippen molar-refractivity contribution in [1.82, 2.24) is 4.98 Å². The van der Waals surface area contributed by atoms with Gasteiger partial charge in [0, 0.05) is 11.8 Å². The largest absolute Gasteiger partial charge is 0.457 e. The Morgan fingerprint density at radius 2 is 1.98 bits per heavy atom. The number of allylic oxidation sites excluding steroid dienone is 1. The summed E-state index contributed by atoms with van der Waals surface area (Å²) in [5.74, 6) is -0.161. The van der Waals surface area contributed by atoms with Crippen molar-refractivity contribution in [3.8, 4) is 0 Å². The van der Waals surface area contributed by atoms with Crippen LogP contribution in [0.25, 0.3) is 10.2 Å². The molecule has 0 radical (unpaired) electrons. The van der Waals surface area contributed by atoms with E-state index in [1.807, 2.05) is 30.3 Å². The summed E-state index contributed by atoms with van der Waals surface area (Å²) in [5.41, 5.74) is -0.311. The second-order valence-electron chi connectivity index (χ2n) is 13.0. The number of esters is 1. The summed E-state index contributed by atoms with van der Waals surface area (Å²) in [7, 11) is 0. The molecule has 1 aromatic carbocycles. The number of rotatable bonds is 6. The number of thiazole rings is 1. The van der Waals surface area contributed by atoms with Gasteiger partial charge >= 0.3 is 5.97 Å². The highest BCUT2D eigenvalue weighted by atomic mass is 32.2. The van der Waals surface area contributed by atoms with E-state index in [9.17, 15) is 19.5 Å². The van der Waals surface area contributed by atoms with E-state index in [1.54, 1.807) is 23.5 Å². The van der Waals surface area contributed by atoms with Gasteiger partial charge in [-0.05, 0) is 92.0 Å². The molecule has 220 valence electrons. The number of nitrogens with zero attached hydrogens (tertiary/aromatic N) is 1. The van der Waals surface area contributed by atoms with Crippen molar-refractivity contribution in [1.29, 1.82) is 0 Å². The monoisotopic (exact) mass is 605 g/mol. The number of thioether (sulfide) groups is 1. The Morgan fingerprint density at radius 3 is 2.76 bits per heavy atom. The van der Waals surface area contributed by atoms with Crippen molar-refractivity contribution >= 4 is 50.9 Å². The molecule has 3 aromatic rings. The zero-order chi connectivity index (χ0) is 29.3. The fourth-order valence-electron chi connectivity index (χ4n) is 9.12. The van der Waals surface area contributed by atoms with E-state index < -0.39 is 23.1 Å². The number of ether oxygens (including phenoxy) is 1. The van der Waals surface area contributed by atoms with Crippen molar-refractivity contribution in [3.05, 3.63) is 60.1 Å². The van der Waals surface area contributed by atoms with Crippen LogP contribution in [0, 0.1) is 28.6 Å². The van der Waals surface area contributed by atoms with Gasteiger partial charge in [-0.2, -0.15) is 0 Å². The first kappa shape index (κ1) is 28.0. The van der Waals surface area contributed by atoms with E-state index in [4.69, 9.17) is 9.15 Å². The molecule has 4 aliphatic carbocycles. The molecular formula is C33H35NO6S2. The van der Waals surface area contributed by atoms with Gasteiger partial charge in [0.2, 0.25) is 5.76 Å². The van der Waals surface area contributed by atoms with Crippen molar-refractivity contribution in [2.45, 2.75) is 74.8 Å². The summed E-state index contributed by atoms with van der Waals surface area (Å²) < 4.78 is 13.5. The molecule has 9 heteroatoms. The Kier molecular flexibility index (Phi) is 6.79. The fourth-order valence-corrected chi connectivity index (χ4v) is 11.1. The van der Waals surface area contributed by atoms with Crippen LogP contribution in [-0.4, -0.2) is 45.1 Å². The predicted octanol–water partition coefficient (Wildman–Crippen LogP) is 6.65. The first-order valence-electron chi connectivity index (χ1n) is 14.9. The number of furan rings is 1. The third-order valence-corrected chi connectivity index (χ3v) is 13.2. The minimum Gasteiger partial charge on any atom is -0.457 e. The fraction of sp³-hybridized carbons (Fsp3) is 0.515. The lowest BCUT2D eigenvalue weighted by molar-refractivity contribution is -0.180. The molecule has 7 atom stereocenters. The van der Waals surface area contributed by atoms with Gasteiger partial charge in [0.05, 0.1) is 28.3 Å². The number of hydrogen-bond donors (Lipinski definition) is 1. The Morgan fingerprint density at radius 1 is 1.14 bits per heavy atom. The van der Waals surface area contributed by atoms with Crippen molar-refractivity contribution in [3.63, 3.8) is 0 Å². The number of carbonyl (C=O) groups is 3. The number of aliphatic hydroxyl groups is 1. The second-order valence-corrected chi connectivity index (χ2v) is 15.2. The maximum atomic E-state index is 14.4. The number of hydrogen-bond acceptors (Lipinski definition) is 9. The number of aliphatic hydroxyl groups excluding tert-OH is 1. The molecule has 0 aliphatic heterocycles. The van der Waals surface area contributed by atoms with Crippen LogP contribution in [0.1, 0.15) is 69.3 Å². The lowest BCUT2D eigenvalue weighted by atomic mass is 9.45. The third-order valence-electron chi connectivity index (χ3n) is 11.1. The molecule has 3 saturated carbocycles. The quantitative estimate of drug-likeness (QED) is 0.246. The van der Waals surface area contributed by atoms with E-state index in [1.165, 1.54) is 23.6 Å². The number of carbonyl (C=O) groups excluding carboxylic acids is 3. The average Bonchev–Trinajstić information content (AvgIpc) is 3.70. The van der Waals surface area contributed by atoms with Gasteiger partial charge < -0.3 is 14.3 Å². The number of para-hydroxylation sites is 1. The molecule has 0 amide bonds. The number of aromatic nitrogens is 1. The number of benzene rings is 1. The average molecular weight is 606 g/mol. The van der Waals surface area contributed by atoms with Gasteiger partial charge in [-0.15, -0.1) is 11.3 Å². The van der Waals surface area contributed by atoms with Crippen LogP contribution >= 0.6 is 23.1 Å². The Labute approximate surface area is 253 Å². The van der Waals surface area contributed by atoms with Crippen LogP contribution in [0.4, 0.5) is 0 Å². The van der Waals surface area contributed by atoms with Crippen LogP contribution in [0.2, 0.25) is 0 Å². The predicted molar refractivity (Wildman–Crippen MR) is 160 cm³/mol. The molecule has 3 fully saturated rings. The van der Waals surface area contributed by atoms with E-state index in [0.29, 0.717) is 19.3 Å². The van der Waals surface area contributed by atoms with Gasteiger partial charge in [0.15, 0.2) is 21.5 Å². The van der Waals surface area contributed by atoms with Crippen LogP contribution in [0.5, 0.6) is 0 Å². The molecule has 2 heterocycles. The van der Waals surface area contributed by atoms with Crippen LogP contribution in [0.15, 0.2) is 63.1 Å². The minimum absolute atomic E-state index is 0.00692. The maximum Gasteiger partial charge on any atom is 0.375 e. The van der Waals surface area contributed by atoms with Crippen molar-refractivity contribution < 1.29 is 28.6 Å². The summed E-state index contributed by atoms with van der Waals surface area (Å²) >= 11 is 2.93. The molecule has 0 saturated heterocycles. The summed E-state index contributed by atoms with van der Waals surface area (Å²) in [6, 6.07) is 11.1. The maximum absolute atomic E-state index is 14.4. The summed E-state index contributed by atoms with van der Waals surface area (Å²) in [6.07, 6.45) is 7.00. The molecular weight excluding hydrogens is 570 g/mol. The zero-order valence-corrected chi connectivity index (χ0v) is 25.5. The normalized spacial score (nSPS) is 35.7. The third kappa shape index (κ3) is 4.18. The molecule has 7 nitrogen and oxygen atoms in total. The lowest BCUT2D eigenvalue weighted by Crippen LogP contribution is -2.63. The highest BCUT2D eigenvalue weighted by molar-refractivity contribution is 8.01. The van der Waals surface area contributed by atoms with Gasteiger partial charge in [0.25, 0.3) is 0 Å². The molecule has 7 rings (SSSR count). The van der Waals surface area contributed by atoms with Crippen molar-refractivity contribution in [2.24, 2.45) is 28.6 Å². The lowest BCUT2D eigenvalue weighted by Gasteiger charge is -2.60. The minimum atomic E-state index is -1.39. The SMILES string of the molecule is CC12CCC(=O)C=C1CCC1C2[C@@H](O)CC2(C)C1CC[C@]2(OC(=O)c1ccco1)C(=O)CSc1nc2ccccc2s1. The number of ketones is 2. The van der Waals surface area contributed by atoms with Crippen LogP contribution in [0.3, 0.4) is 0 Å². The molecule has 42 heavy (non-hydrogen) atoms. The highest BCUT2D eigenvalue weighted by Gasteiger charge is 2.70. The highest BCUT2D eigenvalue weighted by Crippen LogP contribution is 2.68. The number of fused-ring (bicyclic) bond motifs is 6. The topological polar surface area (TPSA) is 107 Å². The van der Waals surface area contributed by atoms with Gasteiger partial charge in [-0.3, -0.25) is 9.59 Å². The van der Waals surface area contributed by atoms with Gasteiger partial charge in [0.1, 0.15) is 0 Å². The van der Waals surface area contributed by atoms with Crippen molar-refractivity contribution in [2.75, 3.05) is 5.75 Å². The van der Waals surface area contributed by atoms with Gasteiger partial charge in [-0.25, -0.2) is 9.78 Å². The second kappa shape index (κ2) is 10.2.